The smallest absolute Gasteiger partial charge is 0.410 e. The molecular formula is C22H34BrF3N4O4SSi. The maximum Gasteiger partial charge on any atom is 0.410 e. The van der Waals surface area contributed by atoms with Gasteiger partial charge in [0.25, 0.3) is 5.92 Å². The van der Waals surface area contributed by atoms with Crippen molar-refractivity contribution >= 4 is 50.8 Å². The molecule has 1 aliphatic rings. The van der Waals surface area contributed by atoms with Crippen LogP contribution in [0.5, 0.6) is 0 Å². The predicted octanol–water partition coefficient (Wildman–Crippen LogP) is 4.47. The number of rotatable bonds is 8. The van der Waals surface area contributed by atoms with Crippen LogP contribution in [0.4, 0.5) is 18.0 Å². The summed E-state index contributed by atoms with van der Waals surface area (Å²) in [5, 5.41) is 21.0. The number of pyridine rings is 1. The highest BCUT2D eigenvalue weighted by Crippen LogP contribution is 2.40. The van der Waals surface area contributed by atoms with Crippen molar-refractivity contribution in [2.75, 3.05) is 18.9 Å². The second kappa shape index (κ2) is 10.7. The highest BCUT2D eigenvalue weighted by atomic mass is 79.9. The third kappa shape index (κ3) is 5.65. The van der Waals surface area contributed by atoms with Gasteiger partial charge in [-0.15, -0.1) is 0 Å². The van der Waals surface area contributed by atoms with Crippen LogP contribution >= 0.6 is 15.9 Å². The zero-order valence-electron chi connectivity index (χ0n) is 21.3. The van der Waals surface area contributed by atoms with Crippen molar-refractivity contribution in [2.24, 2.45) is 9.36 Å². The Morgan fingerprint density at radius 1 is 1.28 bits per heavy atom. The van der Waals surface area contributed by atoms with Gasteiger partial charge >= 0.3 is 6.09 Å². The highest BCUT2D eigenvalue weighted by molar-refractivity contribution is 9.10. The molecule has 0 fully saturated rings. The van der Waals surface area contributed by atoms with Gasteiger partial charge in [-0.3, -0.25) is 10.3 Å². The molecule has 1 unspecified atom stereocenters. The van der Waals surface area contributed by atoms with Crippen molar-refractivity contribution in [3.8, 4) is 0 Å². The molecule has 14 heteroatoms. The van der Waals surface area contributed by atoms with Crippen LogP contribution in [0.2, 0.25) is 18.1 Å². The highest BCUT2D eigenvalue weighted by Gasteiger charge is 2.51. The van der Waals surface area contributed by atoms with Crippen LogP contribution < -0.4 is 10.5 Å². The van der Waals surface area contributed by atoms with Gasteiger partial charge in [0.1, 0.15) is 45.4 Å². The number of aliphatic imine (C=N–C) groups is 1. The fourth-order valence-electron chi connectivity index (χ4n) is 4.55. The van der Waals surface area contributed by atoms with Crippen molar-refractivity contribution in [2.45, 2.75) is 75.9 Å². The molecule has 36 heavy (non-hydrogen) atoms. The summed E-state index contributed by atoms with van der Waals surface area (Å²) in [6.45, 7) is 7.49. The minimum atomic E-state index is -3.69. The Bertz CT molecular complexity index is 1160. The Labute approximate surface area is 219 Å². The molecule has 2 heterocycles. The first-order valence-corrected chi connectivity index (χ1v) is 16.7. The van der Waals surface area contributed by atoms with E-state index in [1.807, 2.05) is 20.8 Å². The summed E-state index contributed by atoms with van der Waals surface area (Å²) < 4.78 is 60.8. The van der Waals surface area contributed by atoms with E-state index in [4.69, 9.17) is 5.11 Å². The summed E-state index contributed by atoms with van der Waals surface area (Å²) in [6, 6.07) is 3.97. The lowest BCUT2D eigenvalue weighted by atomic mass is 9.98. The Morgan fingerprint density at radius 3 is 2.31 bits per heavy atom. The first kappa shape index (κ1) is 30.7. The van der Waals surface area contributed by atoms with Crippen LogP contribution in [0.15, 0.2) is 20.0 Å². The van der Waals surface area contributed by atoms with Gasteiger partial charge < -0.3 is 10.2 Å². The van der Waals surface area contributed by atoms with E-state index in [2.05, 4.69) is 35.6 Å². The standard InChI is InChI=1S/C22H34BrF3N4O4SSi/c1-7-36(8-2,9-3)14-10-15(23)28-17(16(14)24)21(6)13-35(34,27-11-22(25,26)12-31)20(4,5)18(30-21)29-19(32)33/h10,31H,7-9,11-13H2,1-6H3,(H,29,30)(H,32,33)/t21-,35?/m0/s1. The van der Waals surface area contributed by atoms with Gasteiger partial charge in [0.15, 0.2) is 0 Å². The Kier molecular flexibility index (Phi) is 9.12. The SMILES string of the molecule is CC[Si](CC)(CC)c1cc(Br)nc([C@]2(C)CS(=O)(=NCC(F)(F)CO)C(C)(C)C(NC(=O)O)=N2)c1F. The average molecular weight is 616 g/mol. The number of nitrogens with one attached hydrogen (secondary N) is 1. The topological polar surface area (TPSA) is 124 Å². The normalized spacial score (nSPS) is 24.2. The van der Waals surface area contributed by atoms with E-state index >= 15 is 4.39 Å². The number of carboxylic acid groups (broad SMARTS) is 1. The molecule has 2 atom stereocenters. The second-order valence-electron chi connectivity index (χ2n) is 9.76. The van der Waals surface area contributed by atoms with Crippen LogP contribution in [0.25, 0.3) is 0 Å². The second-order valence-corrected chi connectivity index (χ2v) is 18.6. The molecule has 0 aromatic carbocycles. The molecule has 0 saturated heterocycles. The number of aliphatic hydroxyl groups is 1. The number of aliphatic hydroxyl groups excluding tert-OH is 1. The number of aromatic nitrogens is 1. The summed E-state index contributed by atoms with van der Waals surface area (Å²) in [5.74, 6) is -5.01. The summed E-state index contributed by atoms with van der Waals surface area (Å²) in [5.41, 5.74) is -1.84. The van der Waals surface area contributed by atoms with E-state index in [9.17, 15) is 22.9 Å². The van der Waals surface area contributed by atoms with Gasteiger partial charge in [0, 0.05) is 0 Å². The molecule has 0 aliphatic carbocycles. The van der Waals surface area contributed by atoms with Gasteiger partial charge in [-0.1, -0.05) is 38.9 Å². The number of alkyl halides is 2. The largest absolute Gasteiger partial charge is 0.465 e. The van der Waals surface area contributed by atoms with E-state index < -0.39 is 64.8 Å². The van der Waals surface area contributed by atoms with Gasteiger partial charge in [-0.25, -0.2) is 31.5 Å². The van der Waals surface area contributed by atoms with Crippen molar-refractivity contribution in [1.29, 1.82) is 0 Å². The zero-order valence-corrected chi connectivity index (χ0v) is 24.7. The molecule has 1 amide bonds. The van der Waals surface area contributed by atoms with Gasteiger partial charge in [0.2, 0.25) is 0 Å². The molecule has 1 aromatic heterocycles. The molecule has 204 valence electrons. The van der Waals surface area contributed by atoms with Crippen LogP contribution in [-0.2, 0) is 15.3 Å². The summed E-state index contributed by atoms with van der Waals surface area (Å²) >= 11 is 3.36. The first-order valence-electron chi connectivity index (χ1n) is 11.6. The monoisotopic (exact) mass is 614 g/mol. The fourth-order valence-corrected chi connectivity index (χ4v) is 11.4. The Morgan fingerprint density at radius 2 is 1.83 bits per heavy atom. The molecule has 0 radical (unpaired) electrons. The maximum atomic E-state index is 16.3. The lowest BCUT2D eigenvalue weighted by Gasteiger charge is -2.41. The predicted molar refractivity (Wildman–Crippen MR) is 141 cm³/mol. The maximum absolute atomic E-state index is 16.3. The van der Waals surface area contributed by atoms with Crippen molar-refractivity contribution in [3.63, 3.8) is 0 Å². The lowest BCUT2D eigenvalue weighted by Crippen LogP contribution is -2.58. The van der Waals surface area contributed by atoms with Crippen LogP contribution in [-0.4, -0.2) is 69.0 Å². The van der Waals surface area contributed by atoms with Gasteiger partial charge in [-0.2, -0.15) is 0 Å². The van der Waals surface area contributed by atoms with Crippen LogP contribution in [0, 0.1) is 5.82 Å². The quantitative estimate of drug-likeness (QED) is 0.294. The van der Waals surface area contributed by atoms with Crippen LogP contribution in [0.3, 0.4) is 0 Å². The van der Waals surface area contributed by atoms with Crippen LogP contribution in [0.1, 0.15) is 47.2 Å². The Balaban J connectivity index is 2.90. The number of amides is 1. The van der Waals surface area contributed by atoms with E-state index in [0.717, 1.165) is 18.1 Å². The molecule has 1 aliphatic heterocycles. The number of nitrogens with zero attached hydrogens (tertiary/aromatic N) is 3. The molecular weight excluding hydrogens is 581 g/mol. The Hall–Kier alpha value is -1.51. The van der Waals surface area contributed by atoms with Gasteiger partial charge in [0.05, 0.1) is 23.6 Å². The third-order valence-electron chi connectivity index (χ3n) is 7.20. The molecule has 0 bridgehead atoms. The first-order chi connectivity index (χ1) is 16.5. The minimum absolute atomic E-state index is 0.156. The summed E-state index contributed by atoms with van der Waals surface area (Å²) in [4.78, 5) is 20.3. The van der Waals surface area contributed by atoms with E-state index in [-0.39, 0.29) is 11.5 Å². The lowest BCUT2D eigenvalue weighted by molar-refractivity contribution is -0.0401. The minimum Gasteiger partial charge on any atom is -0.465 e. The number of hydrogen-bond acceptors (Lipinski definition) is 6. The molecule has 8 nitrogen and oxygen atoms in total. The van der Waals surface area contributed by atoms with Gasteiger partial charge in [-0.05, 0) is 48.0 Å². The molecule has 0 saturated carbocycles. The zero-order chi connectivity index (χ0) is 27.7. The molecule has 3 N–H and O–H groups in total. The van der Waals surface area contributed by atoms with E-state index in [1.165, 1.54) is 20.8 Å². The fraction of sp³-hybridized carbons (Fsp3) is 0.682. The molecule has 1 aromatic rings. The van der Waals surface area contributed by atoms with E-state index in [1.54, 1.807) is 6.07 Å². The molecule has 2 rings (SSSR count). The average Bonchev–Trinajstić information content (AvgIpc) is 2.79. The van der Waals surface area contributed by atoms with Crippen molar-refractivity contribution in [1.82, 2.24) is 10.3 Å². The summed E-state index contributed by atoms with van der Waals surface area (Å²) in [7, 11) is -5.96. The number of halogens is 4. The number of hydrogen-bond donors (Lipinski definition) is 3. The number of carbonyl (C=O) groups is 1. The van der Waals surface area contributed by atoms with Crippen molar-refractivity contribution < 1.29 is 32.4 Å². The number of amidine groups is 1. The van der Waals surface area contributed by atoms with E-state index in [0.29, 0.717) is 9.79 Å². The molecule has 0 spiro atoms. The van der Waals surface area contributed by atoms with Crippen molar-refractivity contribution in [3.05, 3.63) is 22.2 Å². The summed E-state index contributed by atoms with van der Waals surface area (Å²) in [6.07, 6.45) is -1.51. The third-order valence-corrected chi connectivity index (χ3v) is 16.5.